The Morgan fingerprint density at radius 1 is 1.11 bits per heavy atom. The van der Waals surface area contributed by atoms with Gasteiger partial charge in [0.25, 0.3) is 0 Å². The van der Waals surface area contributed by atoms with Gasteiger partial charge in [0, 0.05) is 23.8 Å². The highest BCUT2D eigenvalue weighted by Crippen LogP contribution is 2.41. The SMILES string of the molecule is COC(=O)N1c2ccc3c(nc(Cn4cc(C5CC5)cn4)n3[C@H]3CC[C@H](C(=O)O)CC3)c2CC[C@@H]1C. The molecule has 0 unspecified atom stereocenters. The quantitative estimate of drug-likeness (QED) is 0.546. The third-order valence-electron chi connectivity index (χ3n) is 8.32. The molecule has 2 saturated carbocycles. The van der Waals surface area contributed by atoms with E-state index in [4.69, 9.17) is 9.72 Å². The molecule has 1 atom stereocenters. The molecule has 36 heavy (non-hydrogen) atoms. The van der Waals surface area contributed by atoms with Gasteiger partial charge in [-0.25, -0.2) is 9.78 Å². The lowest BCUT2D eigenvalue weighted by Crippen LogP contribution is -2.42. The van der Waals surface area contributed by atoms with Gasteiger partial charge in [-0.2, -0.15) is 5.10 Å². The first-order valence-corrected chi connectivity index (χ1v) is 13.1. The molecule has 1 amide bonds. The highest BCUT2D eigenvalue weighted by molar-refractivity contribution is 5.95. The van der Waals surface area contributed by atoms with E-state index in [-0.39, 0.29) is 24.1 Å². The first kappa shape index (κ1) is 23.1. The van der Waals surface area contributed by atoms with Crippen LogP contribution in [0.25, 0.3) is 11.0 Å². The number of rotatable bonds is 5. The normalized spacial score (nSPS) is 24.1. The number of aromatic nitrogens is 4. The molecular formula is C27H33N5O4. The summed E-state index contributed by atoms with van der Waals surface area (Å²) in [6.45, 7) is 2.61. The van der Waals surface area contributed by atoms with Gasteiger partial charge in [-0.15, -0.1) is 0 Å². The lowest BCUT2D eigenvalue weighted by molar-refractivity contribution is -0.143. The van der Waals surface area contributed by atoms with Crippen LogP contribution in [0.1, 0.15) is 80.8 Å². The number of hydrogen-bond donors (Lipinski definition) is 1. The van der Waals surface area contributed by atoms with Crippen LogP contribution in [0.15, 0.2) is 24.5 Å². The first-order valence-electron chi connectivity index (χ1n) is 13.1. The van der Waals surface area contributed by atoms with Gasteiger partial charge in [0.1, 0.15) is 5.82 Å². The number of anilines is 1. The molecule has 9 heteroatoms. The van der Waals surface area contributed by atoms with Crippen molar-refractivity contribution in [2.45, 2.75) is 82.8 Å². The molecule has 2 aromatic heterocycles. The second-order valence-corrected chi connectivity index (χ2v) is 10.6. The number of hydrogen-bond acceptors (Lipinski definition) is 5. The summed E-state index contributed by atoms with van der Waals surface area (Å²) in [6, 6.07) is 4.34. The summed E-state index contributed by atoms with van der Waals surface area (Å²) in [5.74, 6) is 0.613. The molecule has 3 aliphatic rings. The summed E-state index contributed by atoms with van der Waals surface area (Å²) >= 11 is 0. The Morgan fingerprint density at radius 3 is 2.58 bits per heavy atom. The van der Waals surface area contributed by atoms with Gasteiger partial charge in [0.15, 0.2) is 0 Å². The van der Waals surface area contributed by atoms with Crippen molar-refractivity contribution in [3.05, 3.63) is 41.5 Å². The number of carboxylic acid groups (broad SMARTS) is 1. The second kappa shape index (κ2) is 8.94. The highest BCUT2D eigenvalue weighted by Gasteiger charge is 2.34. The smallest absolute Gasteiger partial charge is 0.414 e. The molecule has 0 radical (unpaired) electrons. The number of imidazole rings is 1. The molecule has 0 saturated heterocycles. The molecule has 1 N–H and O–H groups in total. The third-order valence-corrected chi connectivity index (χ3v) is 8.32. The van der Waals surface area contributed by atoms with E-state index in [1.807, 2.05) is 23.9 Å². The van der Waals surface area contributed by atoms with E-state index in [1.54, 1.807) is 4.90 Å². The van der Waals surface area contributed by atoms with Crippen LogP contribution in [-0.4, -0.2) is 49.7 Å². The number of carbonyl (C=O) groups excluding carboxylic acids is 1. The van der Waals surface area contributed by atoms with Gasteiger partial charge >= 0.3 is 12.1 Å². The highest BCUT2D eigenvalue weighted by atomic mass is 16.5. The topological polar surface area (TPSA) is 102 Å². The maximum absolute atomic E-state index is 12.6. The Balaban J connectivity index is 1.43. The number of methoxy groups -OCH3 is 1. The predicted octanol–water partition coefficient (Wildman–Crippen LogP) is 4.88. The summed E-state index contributed by atoms with van der Waals surface area (Å²) in [6.07, 6.45) is 10.9. The van der Waals surface area contributed by atoms with Crippen molar-refractivity contribution in [3.8, 4) is 0 Å². The number of nitrogens with zero attached hydrogens (tertiary/aromatic N) is 5. The maximum Gasteiger partial charge on any atom is 0.414 e. The molecule has 190 valence electrons. The summed E-state index contributed by atoms with van der Waals surface area (Å²) in [4.78, 5) is 31.1. The summed E-state index contributed by atoms with van der Waals surface area (Å²) in [5.41, 5.74) is 5.22. The lowest BCUT2D eigenvalue weighted by atomic mass is 9.86. The number of carbonyl (C=O) groups is 2. The van der Waals surface area contributed by atoms with Crippen molar-refractivity contribution in [2.75, 3.05) is 12.0 Å². The van der Waals surface area contributed by atoms with Gasteiger partial charge in [-0.3, -0.25) is 14.4 Å². The van der Waals surface area contributed by atoms with Crippen LogP contribution in [0.5, 0.6) is 0 Å². The second-order valence-electron chi connectivity index (χ2n) is 10.6. The van der Waals surface area contributed by atoms with E-state index in [9.17, 15) is 14.7 Å². The molecule has 1 aromatic carbocycles. The van der Waals surface area contributed by atoms with Crippen LogP contribution in [-0.2, 0) is 22.5 Å². The lowest BCUT2D eigenvalue weighted by Gasteiger charge is -2.34. The summed E-state index contributed by atoms with van der Waals surface area (Å²) in [5, 5.41) is 14.1. The van der Waals surface area contributed by atoms with Crippen LogP contribution in [0, 0.1) is 5.92 Å². The van der Waals surface area contributed by atoms with E-state index >= 15 is 0 Å². The van der Waals surface area contributed by atoms with Crippen LogP contribution in [0.2, 0.25) is 0 Å². The fourth-order valence-corrected chi connectivity index (χ4v) is 6.16. The Kier molecular flexibility index (Phi) is 5.73. The number of ether oxygens (including phenoxy) is 1. The van der Waals surface area contributed by atoms with E-state index in [0.717, 1.165) is 53.8 Å². The number of benzene rings is 1. The van der Waals surface area contributed by atoms with Crippen LogP contribution in [0.3, 0.4) is 0 Å². The van der Waals surface area contributed by atoms with Crippen LogP contribution < -0.4 is 4.90 Å². The fraction of sp³-hybridized carbons (Fsp3) is 0.556. The zero-order valence-electron chi connectivity index (χ0n) is 20.9. The van der Waals surface area contributed by atoms with Crippen LogP contribution in [0.4, 0.5) is 10.5 Å². The molecule has 6 rings (SSSR count). The van der Waals surface area contributed by atoms with E-state index in [1.165, 1.54) is 25.5 Å². The largest absolute Gasteiger partial charge is 0.481 e. The molecule has 1 aliphatic heterocycles. The molecule has 0 bridgehead atoms. The monoisotopic (exact) mass is 491 g/mol. The number of aliphatic carboxylic acids is 1. The zero-order valence-corrected chi connectivity index (χ0v) is 20.9. The van der Waals surface area contributed by atoms with Crippen LogP contribution >= 0.6 is 0 Å². The molecular weight excluding hydrogens is 458 g/mol. The van der Waals surface area contributed by atoms with Crippen molar-refractivity contribution in [1.82, 2.24) is 19.3 Å². The summed E-state index contributed by atoms with van der Waals surface area (Å²) in [7, 11) is 1.42. The Labute approximate surface area is 210 Å². The Hall–Kier alpha value is -3.36. The van der Waals surface area contributed by atoms with Crippen molar-refractivity contribution in [1.29, 1.82) is 0 Å². The van der Waals surface area contributed by atoms with Gasteiger partial charge in [-0.05, 0) is 81.9 Å². The van der Waals surface area contributed by atoms with E-state index < -0.39 is 5.97 Å². The minimum absolute atomic E-state index is 0.0557. The van der Waals surface area contributed by atoms with Gasteiger partial charge < -0.3 is 14.4 Å². The molecule has 2 aliphatic carbocycles. The van der Waals surface area contributed by atoms with Gasteiger partial charge in [0.2, 0.25) is 0 Å². The number of fused-ring (bicyclic) bond motifs is 3. The van der Waals surface area contributed by atoms with E-state index in [2.05, 4.69) is 21.9 Å². The molecule has 0 spiro atoms. The van der Waals surface area contributed by atoms with Crippen molar-refractivity contribution in [3.63, 3.8) is 0 Å². The molecule has 9 nitrogen and oxygen atoms in total. The van der Waals surface area contributed by atoms with E-state index in [0.29, 0.717) is 25.3 Å². The zero-order chi connectivity index (χ0) is 25.0. The molecule has 3 aromatic rings. The Bertz CT molecular complexity index is 1320. The number of aryl methyl sites for hydroxylation is 1. The van der Waals surface area contributed by atoms with Gasteiger partial charge in [-0.1, -0.05) is 0 Å². The minimum atomic E-state index is -0.695. The van der Waals surface area contributed by atoms with Crippen molar-refractivity contribution >= 4 is 28.8 Å². The van der Waals surface area contributed by atoms with Crippen molar-refractivity contribution < 1.29 is 19.4 Å². The predicted molar refractivity (Wildman–Crippen MR) is 134 cm³/mol. The average Bonchev–Trinajstić information content (AvgIpc) is 3.52. The van der Waals surface area contributed by atoms with Crippen molar-refractivity contribution in [2.24, 2.45) is 5.92 Å². The molecule has 2 fully saturated rings. The first-order chi connectivity index (χ1) is 17.4. The third kappa shape index (κ3) is 3.94. The Morgan fingerprint density at radius 2 is 1.89 bits per heavy atom. The minimum Gasteiger partial charge on any atom is -0.481 e. The standard InChI is InChI=1S/C27H33N5O4/c1-16-3-10-21-22(31(16)27(35)36-2)11-12-23-25(21)29-24(15-30-14-19(13-28-30)17-4-5-17)32(23)20-8-6-18(7-9-20)26(33)34/h11-14,16-18,20H,3-10,15H2,1-2H3,(H,33,34)/t16-,18-,20-/m0/s1. The number of carboxylic acids is 1. The summed E-state index contributed by atoms with van der Waals surface area (Å²) < 4.78 is 9.39. The molecule has 3 heterocycles. The average molecular weight is 492 g/mol. The fourth-order valence-electron chi connectivity index (χ4n) is 6.16. The number of amides is 1. The maximum atomic E-state index is 12.6. The van der Waals surface area contributed by atoms with Gasteiger partial charge in [0.05, 0.1) is 42.5 Å².